The van der Waals surface area contributed by atoms with Crippen LogP contribution in [-0.4, -0.2) is 17.1 Å². The number of imide groups is 1. The lowest BCUT2D eigenvalue weighted by Crippen LogP contribution is -2.42. The number of rotatable bonds is 5. The van der Waals surface area contributed by atoms with Crippen molar-refractivity contribution in [1.29, 1.82) is 0 Å². The average Bonchev–Trinajstić information content (AvgIpc) is 2.72. The van der Waals surface area contributed by atoms with E-state index >= 15 is 0 Å². The zero-order chi connectivity index (χ0) is 20.6. The fraction of sp³-hybridized carbons (Fsp3) is 0.130. The Morgan fingerprint density at radius 1 is 0.724 bits per heavy atom. The highest BCUT2D eigenvalue weighted by Gasteiger charge is 2.23. The number of hydrogen-bond donors (Lipinski definition) is 2. The van der Waals surface area contributed by atoms with Gasteiger partial charge in [0.2, 0.25) is 0 Å². The molecule has 0 bridgehead atoms. The van der Waals surface area contributed by atoms with E-state index in [0.717, 1.165) is 16.7 Å². The predicted octanol–water partition coefficient (Wildman–Crippen LogP) is 5.50. The average molecular weight is 389 g/mol. The highest BCUT2D eigenvalue weighted by atomic mass is 16.7. The molecule has 3 aromatic carbocycles. The van der Waals surface area contributed by atoms with Gasteiger partial charge in [0.05, 0.1) is 0 Å². The van der Waals surface area contributed by atoms with Crippen LogP contribution in [0.15, 0.2) is 78.9 Å². The molecule has 0 radical (unpaired) electrons. The van der Waals surface area contributed by atoms with Gasteiger partial charge in [-0.25, -0.2) is 9.59 Å². The second-order valence-corrected chi connectivity index (χ2v) is 6.65. The van der Waals surface area contributed by atoms with Crippen LogP contribution in [0.2, 0.25) is 0 Å². The molecule has 6 heteroatoms. The van der Waals surface area contributed by atoms with Crippen molar-refractivity contribution in [2.45, 2.75) is 20.5 Å². The van der Waals surface area contributed by atoms with Crippen LogP contribution in [0.4, 0.5) is 21.0 Å². The third-order valence-corrected chi connectivity index (χ3v) is 4.18. The number of nitrogens with zero attached hydrogens (tertiary/aromatic N) is 1. The fourth-order valence-electron chi connectivity index (χ4n) is 2.55. The maximum Gasteiger partial charge on any atom is 0.354 e. The third-order valence-electron chi connectivity index (χ3n) is 4.18. The molecule has 0 aliphatic carbocycles. The Morgan fingerprint density at radius 2 is 1.17 bits per heavy atom. The molecule has 0 aliphatic heterocycles. The normalized spacial score (nSPS) is 10.3. The summed E-state index contributed by atoms with van der Waals surface area (Å²) in [7, 11) is 0. The van der Waals surface area contributed by atoms with Gasteiger partial charge in [0.1, 0.15) is 6.61 Å². The Hall–Kier alpha value is -3.64. The molecule has 0 atom stereocenters. The lowest BCUT2D eigenvalue weighted by Gasteiger charge is -2.21. The van der Waals surface area contributed by atoms with Gasteiger partial charge < -0.3 is 10.6 Å². The van der Waals surface area contributed by atoms with Crippen LogP contribution in [0, 0.1) is 13.8 Å². The van der Waals surface area contributed by atoms with Gasteiger partial charge in [0.15, 0.2) is 0 Å². The third kappa shape index (κ3) is 5.92. The van der Waals surface area contributed by atoms with Gasteiger partial charge in [0.25, 0.3) is 0 Å². The summed E-state index contributed by atoms with van der Waals surface area (Å²) in [6.07, 6.45) is 0. The smallest absolute Gasteiger partial charge is 0.306 e. The van der Waals surface area contributed by atoms with E-state index in [0.29, 0.717) is 16.4 Å². The monoisotopic (exact) mass is 389 g/mol. The van der Waals surface area contributed by atoms with Crippen molar-refractivity contribution in [2.24, 2.45) is 0 Å². The van der Waals surface area contributed by atoms with Crippen molar-refractivity contribution < 1.29 is 14.4 Å². The number of amides is 4. The van der Waals surface area contributed by atoms with E-state index in [1.807, 2.05) is 68.4 Å². The summed E-state index contributed by atoms with van der Waals surface area (Å²) in [4.78, 5) is 31.0. The molecular formula is C23H23N3O3. The number of hydroxylamine groups is 2. The molecule has 0 heterocycles. The Balaban J connectivity index is 1.73. The first-order valence-corrected chi connectivity index (χ1v) is 9.23. The van der Waals surface area contributed by atoms with Crippen molar-refractivity contribution in [2.75, 3.05) is 10.6 Å². The zero-order valence-electron chi connectivity index (χ0n) is 16.4. The Bertz CT molecular complexity index is 895. The molecule has 0 aromatic heterocycles. The number of carbonyl (C=O) groups is 2. The van der Waals surface area contributed by atoms with E-state index in [9.17, 15) is 9.59 Å². The summed E-state index contributed by atoms with van der Waals surface area (Å²) in [5.74, 6) is 0. The van der Waals surface area contributed by atoms with Crippen molar-refractivity contribution in [1.82, 2.24) is 5.06 Å². The number of carbonyl (C=O) groups excluding carboxylic acids is 2. The summed E-state index contributed by atoms with van der Waals surface area (Å²) in [5, 5.41) is 6.07. The highest BCUT2D eigenvalue weighted by Crippen LogP contribution is 2.14. The molecule has 3 rings (SSSR count). The van der Waals surface area contributed by atoms with Crippen LogP contribution in [0.25, 0.3) is 0 Å². The lowest BCUT2D eigenvalue weighted by atomic mass is 10.2. The summed E-state index contributed by atoms with van der Waals surface area (Å²) in [6, 6.07) is 22.5. The first-order valence-electron chi connectivity index (χ1n) is 9.23. The van der Waals surface area contributed by atoms with Gasteiger partial charge in [-0.05, 0) is 43.7 Å². The lowest BCUT2D eigenvalue weighted by molar-refractivity contribution is -0.0827. The van der Waals surface area contributed by atoms with Gasteiger partial charge in [-0.3, -0.25) is 4.84 Å². The second kappa shape index (κ2) is 9.52. The van der Waals surface area contributed by atoms with E-state index in [4.69, 9.17) is 4.84 Å². The minimum atomic E-state index is -0.686. The quantitative estimate of drug-likeness (QED) is 0.566. The van der Waals surface area contributed by atoms with Crippen molar-refractivity contribution in [3.63, 3.8) is 0 Å². The first kappa shape index (κ1) is 20.1. The van der Waals surface area contributed by atoms with Crippen LogP contribution in [-0.2, 0) is 11.4 Å². The summed E-state index contributed by atoms with van der Waals surface area (Å²) in [5.41, 5.74) is 4.10. The van der Waals surface area contributed by atoms with Crippen molar-refractivity contribution in [3.05, 3.63) is 95.6 Å². The van der Waals surface area contributed by atoms with Gasteiger partial charge in [-0.1, -0.05) is 65.7 Å². The van der Waals surface area contributed by atoms with Crippen LogP contribution in [0.1, 0.15) is 16.7 Å². The molecule has 0 fully saturated rings. The molecule has 0 saturated heterocycles. The molecule has 0 unspecified atom stereocenters. The number of urea groups is 2. The van der Waals surface area contributed by atoms with Gasteiger partial charge in [-0.2, -0.15) is 0 Å². The van der Waals surface area contributed by atoms with E-state index < -0.39 is 12.1 Å². The van der Waals surface area contributed by atoms with Crippen molar-refractivity contribution in [3.8, 4) is 0 Å². The molecule has 4 amide bonds. The Labute approximate surface area is 170 Å². The van der Waals surface area contributed by atoms with Gasteiger partial charge in [0, 0.05) is 11.4 Å². The number of nitrogens with one attached hydrogen (secondary N) is 2. The molecule has 148 valence electrons. The molecule has 3 aromatic rings. The van der Waals surface area contributed by atoms with E-state index in [1.165, 1.54) is 0 Å². The van der Waals surface area contributed by atoms with Crippen LogP contribution >= 0.6 is 0 Å². The molecule has 2 N–H and O–H groups in total. The molecular weight excluding hydrogens is 366 g/mol. The summed E-state index contributed by atoms with van der Waals surface area (Å²) >= 11 is 0. The van der Waals surface area contributed by atoms with Crippen LogP contribution in [0.3, 0.4) is 0 Å². The Morgan fingerprint density at radius 3 is 1.62 bits per heavy atom. The fourth-order valence-corrected chi connectivity index (χ4v) is 2.55. The molecule has 29 heavy (non-hydrogen) atoms. The maximum atomic E-state index is 12.7. The van der Waals surface area contributed by atoms with Crippen molar-refractivity contribution >= 4 is 23.4 Å². The first-order chi connectivity index (χ1) is 14.0. The van der Waals surface area contributed by atoms with Crippen LogP contribution in [0.5, 0.6) is 0 Å². The predicted molar refractivity (Wildman–Crippen MR) is 113 cm³/mol. The minimum Gasteiger partial charge on any atom is -0.306 e. The summed E-state index contributed by atoms with van der Waals surface area (Å²) in [6.45, 7) is 3.98. The standard InChI is InChI=1S/C23H23N3O3/c1-17-8-12-20(13-9-17)24-22(27)26(29-16-19-6-4-3-5-7-19)23(28)25-21-14-10-18(2)11-15-21/h3-15H,16H2,1-2H3,(H,24,27)(H,25,28). The number of anilines is 2. The zero-order valence-corrected chi connectivity index (χ0v) is 16.4. The van der Waals surface area contributed by atoms with Gasteiger partial charge in [-0.15, -0.1) is 5.06 Å². The van der Waals surface area contributed by atoms with Gasteiger partial charge >= 0.3 is 12.1 Å². The number of hydrogen-bond acceptors (Lipinski definition) is 3. The minimum absolute atomic E-state index is 0.0729. The van der Waals surface area contributed by atoms with Crippen LogP contribution < -0.4 is 10.6 Å². The topological polar surface area (TPSA) is 70.7 Å². The number of aryl methyl sites for hydroxylation is 2. The van der Waals surface area contributed by atoms with E-state index in [-0.39, 0.29) is 6.61 Å². The Kier molecular flexibility index (Phi) is 6.60. The van der Waals surface area contributed by atoms with E-state index in [1.54, 1.807) is 24.3 Å². The molecule has 6 nitrogen and oxygen atoms in total. The molecule has 0 saturated carbocycles. The number of benzene rings is 3. The largest absolute Gasteiger partial charge is 0.354 e. The highest BCUT2D eigenvalue weighted by molar-refractivity contribution is 6.04. The molecule has 0 spiro atoms. The summed E-state index contributed by atoms with van der Waals surface area (Å²) < 4.78 is 0. The second-order valence-electron chi connectivity index (χ2n) is 6.65. The SMILES string of the molecule is Cc1ccc(NC(=O)N(OCc2ccccc2)C(=O)Nc2ccc(C)cc2)cc1. The molecule has 0 aliphatic rings. The maximum absolute atomic E-state index is 12.7. The van der Waals surface area contributed by atoms with E-state index in [2.05, 4.69) is 10.6 Å².